The van der Waals surface area contributed by atoms with E-state index >= 15 is 0 Å². The number of rotatable bonds is 3. The lowest BCUT2D eigenvalue weighted by molar-refractivity contribution is 0.00578. The van der Waals surface area contributed by atoms with Crippen LogP contribution in [0.4, 0.5) is 5.69 Å². The fourth-order valence-corrected chi connectivity index (χ4v) is 2.94. The Balaban J connectivity index is 0.00000126. The van der Waals surface area contributed by atoms with Crippen molar-refractivity contribution in [2.45, 2.75) is 52.7 Å². The topological polar surface area (TPSA) is 63.9 Å². The standard InChI is InChI=1S/C18H25BN2O4.C2H6/c1-17(2)18(3,4)25-19(24-17)13-8-11-12(16(22)20-5)10-23-15(11)9-14(13)21(6)7;1-2/h8-10H,1-7H3,(H,20,22);1-2H3. The van der Waals surface area contributed by atoms with Crippen LogP contribution < -0.4 is 15.7 Å². The van der Waals surface area contributed by atoms with Crippen molar-refractivity contribution in [3.05, 3.63) is 24.0 Å². The highest BCUT2D eigenvalue weighted by molar-refractivity contribution is 6.64. The van der Waals surface area contributed by atoms with E-state index in [0.29, 0.717) is 11.1 Å². The van der Waals surface area contributed by atoms with Crippen LogP contribution in [-0.4, -0.2) is 45.4 Å². The number of carbonyl (C=O) groups is 1. The zero-order valence-corrected chi connectivity index (χ0v) is 17.9. The zero-order valence-electron chi connectivity index (χ0n) is 17.9. The van der Waals surface area contributed by atoms with Gasteiger partial charge in [-0.15, -0.1) is 0 Å². The van der Waals surface area contributed by atoms with E-state index in [-0.39, 0.29) is 5.91 Å². The minimum Gasteiger partial charge on any atom is -0.463 e. The summed E-state index contributed by atoms with van der Waals surface area (Å²) in [6.45, 7) is 12.1. The maximum atomic E-state index is 12.1. The first-order valence-corrected chi connectivity index (χ1v) is 9.37. The molecule has 1 aromatic heterocycles. The van der Waals surface area contributed by atoms with Gasteiger partial charge in [0.25, 0.3) is 5.91 Å². The number of benzene rings is 1. The third-order valence-electron chi connectivity index (χ3n) is 5.18. The van der Waals surface area contributed by atoms with E-state index in [1.54, 1.807) is 7.05 Å². The van der Waals surface area contributed by atoms with Gasteiger partial charge in [0.05, 0.1) is 16.8 Å². The van der Waals surface area contributed by atoms with Crippen molar-refractivity contribution >= 4 is 35.1 Å². The predicted molar refractivity (Wildman–Crippen MR) is 111 cm³/mol. The molecular weight excluding hydrogens is 343 g/mol. The van der Waals surface area contributed by atoms with Crippen molar-refractivity contribution in [1.82, 2.24) is 5.32 Å². The Morgan fingerprint density at radius 3 is 2.11 bits per heavy atom. The molecule has 148 valence electrons. The minimum atomic E-state index is -0.515. The van der Waals surface area contributed by atoms with Crippen LogP contribution in [0.1, 0.15) is 51.9 Å². The third kappa shape index (κ3) is 3.71. The van der Waals surface area contributed by atoms with Crippen LogP contribution in [0.25, 0.3) is 11.0 Å². The van der Waals surface area contributed by atoms with E-state index in [4.69, 9.17) is 13.7 Å². The molecule has 1 aliphatic rings. The molecule has 0 atom stereocenters. The number of furan rings is 1. The van der Waals surface area contributed by atoms with Gasteiger partial charge in [-0.3, -0.25) is 4.79 Å². The first-order chi connectivity index (χ1) is 12.6. The van der Waals surface area contributed by atoms with Crippen molar-refractivity contribution < 1.29 is 18.5 Å². The molecular formula is C20H31BN2O4. The maximum Gasteiger partial charge on any atom is 0.496 e. The summed E-state index contributed by atoms with van der Waals surface area (Å²) in [5, 5.41) is 3.39. The third-order valence-corrected chi connectivity index (χ3v) is 5.18. The normalized spacial score (nSPS) is 17.4. The molecule has 1 fully saturated rings. The van der Waals surface area contributed by atoms with Gasteiger partial charge in [-0.25, -0.2) is 0 Å². The van der Waals surface area contributed by atoms with E-state index in [2.05, 4.69) is 5.32 Å². The van der Waals surface area contributed by atoms with E-state index < -0.39 is 18.3 Å². The summed E-state index contributed by atoms with van der Waals surface area (Å²) in [7, 11) is 5.00. The van der Waals surface area contributed by atoms with Crippen LogP contribution in [0.2, 0.25) is 0 Å². The fourth-order valence-electron chi connectivity index (χ4n) is 2.94. The molecule has 0 bridgehead atoms. The smallest absolute Gasteiger partial charge is 0.463 e. The Morgan fingerprint density at radius 1 is 1.07 bits per heavy atom. The van der Waals surface area contributed by atoms with Gasteiger partial charge in [-0.2, -0.15) is 0 Å². The first kappa shape index (κ1) is 21.3. The molecule has 1 amide bonds. The summed E-state index contributed by atoms with van der Waals surface area (Å²) in [6.07, 6.45) is 1.48. The van der Waals surface area contributed by atoms with Crippen LogP contribution in [0.3, 0.4) is 0 Å². The number of carbonyl (C=O) groups excluding carboxylic acids is 1. The number of nitrogens with one attached hydrogen (secondary N) is 1. The summed E-state index contributed by atoms with van der Waals surface area (Å²) < 4.78 is 18.0. The molecule has 2 heterocycles. The van der Waals surface area contributed by atoms with Crippen LogP contribution in [0, 0.1) is 0 Å². The van der Waals surface area contributed by atoms with Gasteiger partial charge < -0.3 is 23.9 Å². The Kier molecular flexibility index (Phi) is 5.97. The Labute approximate surface area is 162 Å². The van der Waals surface area contributed by atoms with Crippen LogP contribution in [0.15, 0.2) is 22.8 Å². The Bertz CT molecular complexity index is 811. The highest BCUT2D eigenvalue weighted by Crippen LogP contribution is 2.38. The number of nitrogens with zero attached hydrogens (tertiary/aromatic N) is 1. The van der Waals surface area contributed by atoms with E-state index in [1.807, 2.05) is 72.7 Å². The molecule has 7 heteroatoms. The lowest BCUT2D eigenvalue weighted by Crippen LogP contribution is -2.41. The largest absolute Gasteiger partial charge is 0.496 e. The van der Waals surface area contributed by atoms with Crippen molar-refractivity contribution in [1.29, 1.82) is 0 Å². The Morgan fingerprint density at radius 2 is 1.63 bits per heavy atom. The molecule has 0 unspecified atom stereocenters. The molecule has 0 aliphatic carbocycles. The molecule has 0 saturated carbocycles. The zero-order chi connectivity index (χ0) is 20.6. The van der Waals surface area contributed by atoms with E-state index in [0.717, 1.165) is 16.5 Å². The minimum absolute atomic E-state index is 0.184. The molecule has 1 N–H and O–H groups in total. The summed E-state index contributed by atoms with van der Waals surface area (Å²) in [5.41, 5.74) is 2.10. The van der Waals surface area contributed by atoms with Gasteiger partial charge in [0.1, 0.15) is 11.8 Å². The van der Waals surface area contributed by atoms with E-state index in [1.165, 1.54) is 6.26 Å². The summed E-state index contributed by atoms with van der Waals surface area (Å²) in [6, 6.07) is 3.85. The average Bonchev–Trinajstić information content (AvgIpc) is 3.12. The van der Waals surface area contributed by atoms with Crippen molar-refractivity contribution in [3.63, 3.8) is 0 Å². The summed E-state index contributed by atoms with van der Waals surface area (Å²) in [4.78, 5) is 14.1. The number of hydrogen-bond donors (Lipinski definition) is 1. The van der Waals surface area contributed by atoms with Gasteiger partial charge in [0.15, 0.2) is 0 Å². The molecule has 0 spiro atoms. The van der Waals surface area contributed by atoms with Gasteiger partial charge >= 0.3 is 7.12 Å². The molecule has 1 aliphatic heterocycles. The van der Waals surface area contributed by atoms with Gasteiger partial charge in [0, 0.05) is 43.7 Å². The van der Waals surface area contributed by atoms with Crippen LogP contribution in [-0.2, 0) is 9.31 Å². The summed E-state index contributed by atoms with van der Waals surface area (Å²) >= 11 is 0. The second-order valence-electron chi connectivity index (χ2n) is 7.62. The fraction of sp³-hybridized carbons (Fsp3) is 0.550. The number of amides is 1. The predicted octanol–water partition coefficient (Wildman–Crippen LogP) is 3.18. The highest BCUT2D eigenvalue weighted by Gasteiger charge is 2.52. The SMILES string of the molecule is CC.CNC(=O)c1coc2cc(N(C)C)c(B3OC(C)(C)C(C)(C)O3)cc12. The van der Waals surface area contributed by atoms with E-state index in [9.17, 15) is 4.79 Å². The van der Waals surface area contributed by atoms with Crippen LogP contribution in [0.5, 0.6) is 0 Å². The lowest BCUT2D eigenvalue weighted by Gasteiger charge is -2.32. The maximum absolute atomic E-state index is 12.1. The first-order valence-electron chi connectivity index (χ1n) is 9.37. The number of hydrogen-bond acceptors (Lipinski definition) is 5. The second kappa shape index (κ2) is 7.56. The van der Waals surface area contributed by atoms with Gasteiger partial charge in [0.2, 0.25) is 0 Å². The average molecular weight is 374 g/mol. The molecule has 1 saturated heterocycles. The van der Waals surface area contributed by atoms with Gasteiger partial charge in [-0.1, -0.05) is 13.8 Å². The molecule has 27 heavy (non-hydrogen) atoms. The molecule has 1 aromatic carbocycles. The quantitative estimate of drug-likeness (QED) is 0.836. The van der Waals surface area contributed by atoms with Crippen molar-refractivity contribution in [2.75, 3.05) is 26.0 Å². The second-order valence-corrected chi connectivity index (χ2v) is 7.62. The van der Waals surface area contributed by atoms with Gasteiger partial charge in [-0.05, 0) is 33.8 Å². The van der Waals surface area contributed by atoms with Crippen LogP contribution >= 0.6 is 0 Å². The monoisotopic (exact) mass is 374 g/mol. The molecule has 0 radical (unpaired) electrons. The summed E-state index contributed by atoms with van der Waals surface area (Å²) in [5.74, 6) is -0.184. The lowest BCUT2D eigenvalue weighted by atomic mass is 9.76. The molecule has 6 nitrogen and oxygen atoms in total. The molecule has 2 aromatic rings. The van der Waals surface area contributed by atoms with Crippen molar-refractivity contribution in [3.8, 4) is 0 Å². The number of fused-ring (bicyclic) bond motifs is 1. The Hall–Kier alpha value is -1.99. The van der Waals surface area contributed by atoms with Crippen molar-refractivity contribution in [2.24, 2.45) is 0 Å². The highest BCUT2D eigenvalue weighted by atomic mass is 16.7. The number of anilines is 1. The molecule has 3 rings (SSSR count).